The summed E-state index contributed by atoms with van der Waals surface area (Å²) < 4.78 is 1.61. The van der Waals surface area contributed by atoms with Crippen molar-refractivity contribution in [1.29, 1.82) is 0 Å². The van der Waals surface area contributed by atoms with Crippen molar-refractivity contribution in [3.63, 3.8) is 0 Å². The van der Waals surface area contributed by atoms with Crippen LogP contribution in [0.15, 0.2) is 30.5 Å². The van der Waals surface area contributed by atoms with Gasteiger partial charge in [-0.15, -0.1) is 0 Å². The Morgan fingerprint density at radius 3 is 2.14 bits per heavy atom. The lowest BCUT2D eigenvalue weighted by molar-refractivity contribution is -0.143. The third kappa shape index (κ3) is 2.30. The number of hydrogen-bond acceptors (Lipinski definition) is 5. The molecule has 1 aliphatic rings. The van der Waals surface area contributed by atoms with Crippen LogP contribution in [0.3, 0.4) is 0 Å². The molecule has 3 rings (SSSR count). The van der Waals surface area contributed by atoms with Crippen molar-refractivity contribution >= 4 is 23.3 Å². The SMILES string of the molecule is CN1C(=O)CN(c2ccc(-c3cnn(C)c3N)cc2)CC1=O. The monoisotopic (exact) mass is 299 g/mol. The Bertz CT molecular complexity index is 717. The van der Waals surface area contributed by atoms with Crippen molar-refractivity contribution in [2.75, 3.05) is 30.8 Å². The lowest BCUT2D eigenvalue weighted by atomic mass is 10.1. The molecule has 1 aromatic carbocycles. The Kier molecular flexibility index (Phi) is 3.32. The molecule has 0 saturated carbocycles. The fourth-order valence-corrected chi connectivity index (χ4v) is 2.44. The number of carbonyl (C=O) groups is 2. The van der Waals surface area contributed by atoms with Gasteiger partial charge in [0.2, 0.25) is 11.8 Å². The maximum Gasteiger partial charge on any atom is 0.248 e. The smallest absolute Gasteiger partial charge is 0.248 e. The maximum atomic E-state index is 11.8. The molecule has 0 bridgehead atoms. The Balaban J connectivity index is 1.84. The molecule has 0 radical (unpaired) electrons. The number of anilines is 2. The van der Waals surface area contributed by atoms with E-state index in [1.165, 1.54) is 11.9 Å². The summed E-state index contributed by atoms with van der Waals surface area (Å²) in [4.78, 5) is 26.5. The first-order valence-electron chi connectivity index (χ1n) is 6.89. The zero-order chi connectivity index (χ0) is 15.9. The van der Waals surface area contributed by atoms with E-state index in [9.17, 15) is 9.59 Å². The quantitative estimate of drug-likeness (QED) is 0.815. The number of aryl methyl sites for hydroxylation is 1. The summed E-state index contributed by atoms with van der Waals surface area (Å²) in [5, 5.41) is 4.12. The summed E-state index contributed by atoms with van der Waals surface area (Å²) in [6.07, 6.45) is 1.72. The topological polar surface area (TPSA) is 84.5 Å². The zero-order valence-electron chi connectivity index (χ0n) is 12.5. The van der Waals surface area contributed by atoms with Gasteiger partial charge in [-0.05, 0) is 17.7 Å². The molecule has 2 heterocycles. The second kappa shape index (κ2) is 5.18. The minimum Gasteiger partial charge on any atom is -0.383 e. The van der Waals surface area contributed by atoms with E-state index in [4.69, 9.17) is 5.73 Å². The average molecular weight is 299 g/mol. The van der Waals surface area contributed by atoms with Crippen molar-refractivity contribution in [1.82, 2.24) is 14.7 Å². The molecule has 2 amide bonds. The van der Waals surface area contributed by atoms with Gasteiger partial charge in [0.15, 0.2) is 0 Å². The Morgan fingerprint density at radius 2 is 1.64 bits per heavy atom. The number of imide groups is 1. The second-order valence-electron chi connectivity index (χ2n) is 5.32. The highest BCUT2D eigenvalue weighted by molar-refractivity contribution is 6.02. The molecule has 22 heavy (non-hydrogen) atoms. The standard InChI is InChI=1S/C15H17N5O2/c1-18-13(21)8-20(9-14(18)22)11-5-3-10(4-6-11)12-7-17-19(2)15(12)16/h3-7H,8-9,16H2,1-2H3. The lowest BCUT2D eigenvalue weighted by Gasteiger charge is -2.32. The van der Waals surface area contributed by atoms with Crippen LogP contribution in [0.4, 0.5) is 11.5 Å². The van der Waals surface area contributed by atoms with E-state index in [1.54, 1.807) is 22.8 Å². The summed E-state index contributed by atoms with van der Waals surface area (Å²) in [6.45, 7) is 0.410. The van der Waals surface area contributed by atoms with Gasteiger partial charge in [0.1, 0.15) is 5.82 Å². The fourth-order valence-electron chi connectivity index (χ4n) is 2.44. The van der Waals surface area contributed by atoms with E-state index in [0.29, 0.717) is 5.82 Å². The normalized spacial score (nSPS) is 15.5. The van der Waals surface area contributed by atoms with E-state index in [0.717, 1.165) is 16.8 Å². The molecule has 114 valence electrons. The molecule has 1 aromatic heterocycles. The van der Waals surface area contributed by atoms with Gasteiger partial charge in [0.25, 0.3) is 0 Å². The summed E-state index contributed by atoms with van der Waals surface area (Å²) in [5.41, 5.74) is 8.60. The number of piperazine rings is 1. The zero-order valence-corrected chi connectivity index (χ0v) is 12.5. The van der Waals surface area contributed by atoms with Gasteiger partial charge in [-0.1, -0.05) is 12.1 Å². The Morgan fingerprint density at radius 1 is 1.05 bits per heavy atom. The molecule has 7 nitrogen and oxygen atoms in total. The van der Waals surface area contributed by atoms with E-state index < -0.39 is 0 Å². The number of nitrogens with zero attached hydrogens (tertiary/aromatic N) is 4. The van der Waals surface area contributed by atoms with Crippen LogP contribution >= 0.6 is 0 Å². The summed E-state index contributed by atoms with van der Waals surface area (Å²) >= 11 is 0. The first-order chi connectivity index (χ1) is 10.5. The third-order valence-corrected chi connectivity index (χ3v) is 3.93. The predicted molar refractivity (Wildman–Crippen MR) is 83.0 cm³/mol. The molecule has 1 fully saturated rings. The molecule has 0 spiro atoms. The molecule has 2 aromatic rings. The molecule has 0 unspecified atom stereocenters. The van der Waals surface area contributed by atoms with Crippen molar-refractivity contribution in [2.45, 2.75) is 0 Å². The molecule has 7 heteroatoms. The van der Waals surface area contributed by atoms with Crippen LogP contribution in [0.25, 0.3) is 11.1 Å². The highest BCUT2D eigenvalue weighted by Crippen LogP contribution is 2.27. The number of rotatable bonds is 2. The van der Waals surface area contributed by atoms with E-state index in [2.05, 4.69) is 5.10 Å². The molecule has 1 saturated heterocycles. The van der Waals surface area contributed by atoms with E-state index >= 15 is 0 Å². The molecule has 0 atom stereocenters. The van der Waals surface area contributed by atoms with Crippen LogP contribution in [0.2, 0.25) is 0 Å². The summed E-state index contributed by atoms with van der Waals surface area (Å²) in [7, 11) is 3.30. The van der Waals surface area contributed by atoms with E-state index in [-0.39, 0.29) is 24.9 Å². The van der Waals surface area contributed by atoms with E-state index in [1.807, 2.05) is 24.3 Å². The van der Waals surface area contributed by atoms with Crippen LogP contribution < -0.4 is 10.6 Å². The second-order valence-corrected chi connectivity index (χ2v) is 5.32. The maximum absolute atomic E-state index is 11.8. The van der Waals surface area contributed by atoms with Crippen molar-refractivity contribution in [3.8, 4) is 11.1 Å². The third-order valence-electron chi connectivity index (χ3n) is 3.93. The first kappa shape index (κ1) is 14.1. The van der Waals surface area contributed by atoms with Gasteiger partial charge >= 0.3 is 0 Å². The van der Waals surface area contributed by atoms with Gasteiger partial charge in [-0.2, -0.15) is 5.10 Å². The molecule has 0 aliphatic carbocycles. The van der Waals surface area contributed by atoms with Gasteiger partial charge in [0, 0.05) is 25.3 Å². The number of benzene rings is 1. The fraction of sp³-hybridized carbons (Fsp3) is 0.267. The molecule has 2 N–H and O–H groups in total. The minimum absolute atomic E-state index is 0.197. The highest BCUT2D eigenvalue weighted by Gasteiger charge is 2.28. The number of carbonyl (C=O) groups excluding carboxylic acids is 2. The average Bonchev–Trinajstić information content (AvgIpc) is 2.84. The number of aromatic nitrogens is 2. The van der Waals surface area contributed by atoms with Crippen molar-refractivity contribution in [2.24, 2.45) is 7.05 Å². The largest absolute Gasteiger partial charge is 0.383 e. The van der Waals surface area contributed by atoms with Crippen LogP contribution in [0.1, 0.15) is 0 Å². The molecular formula is C15H17N5O2. The molecule has 1 aliphatic heterocycles. The van der Waals surface area contributed by atoms with Crippen LogP contribution in [-0.4, -0.2) is 46.6 Å². The van der Waals surface area contributed by atoms with Crippen LogP contribution in [-0.2, 0) is 16.6 Å². The Hall–Kier alpha value is -2.83. The predicted octanol–water partition coefficient (Wildman–Crippen LogP) is 0.474. The lowest BCUT2D eigenvalue weighted by Crippen LogP contribution is -2.52. The number of nitrogens with two attached hydrogens (primary N) is 1. The summed E-state index contributed by atoms with van der Waals surface area (Å²) in [6, 6.07) is 7.59. The van der Waals surface area contributed by atoms with Crippen LogP contribution in [0, 0.1) is 0 Å². The number of likely N-dealkylation sites (N-methyl/N-ethyl adjacent to an activating group) is 1. The van der Waals surface area contributed by atoms with Gasteiger partial charge in [-0.25, -0.2) is 0 Å². The van der Waals surface area contributed by atoms with Gasteiger partial charge < -0.3 is 10.6 Å². The minimum atomic E-state index is -0.197. The molecular weight excluding hydrogens is 282 g/mol. The number of hydrogen-bond donors (Lipinski definition) is 1. The number of nitrogen functional groups attached to an aromatic ring is 1. The van der Waals surface area contributed by atoms with Gasteiger partial charge in [0.05, 0.1) is 19.3 Å². The van der Waals surface area contributed by atoms with Gasteiger partial charge in [-0.3, -0.25) is 19.2 Å². The van der Waals surface area contributed by atoms with Crippen molar-refractivity contribution < 1.29 is 9.59 Å². The van der Waals surface area contributed by atoms with Crippen molar-refractivity contribution in [3.05, 3.63) is 30.5 Å². The summed E-state index contributed by atoms with van der Waals surface area (Å²) in [5.74, 6) is 0.200. The highest BCUT2D eigenvalue weighted by atomic mass is 16.2. The van der Waals surface area contributed by atoms with Crippen LogP contribution in [0.5, 0.6) is 0 Å². The number of amides is 2. The first-order valence-corrected chi connectivity index (χ1v) is 6.89. The Labute approximate surface area is 127 Å².